The Balaban J connectivity index is 2.14. The van der Waals surface area contributed by atoms with Gasteiger partial charge in [0.15, 0.2) is 0 Å². The highest BCUT2D eigenvalue weighted by atomic mass is 16.4. The standard InChI is InChI=1S/C8H10N4O2/c13-7(14)5-12(6-1-2-6)8-9-3-4-10-11-8/h3-4,6H,1-2,5H2,(H,13,14). The predicted molar refractivity (Wildman–Crippen MR) is 47.8 cm³/mol. The summed E-state index contributed by atoms with van der Waals surface area (Å²) in [5.74, 6) is -0.471. The van der Waals surface area contributed by atoms with E-state index in [9.17, 15) is 4.79 Å². The Morgan fingerprint density at radius 2 is 2.36 bits per heavy atom. The molecule has 0 unspecified atom stereocenters. The Morgan fingerprint density at radius 1 is 1.57 bits per heavy atom. The van der Waals surface area contributed by atoms with Crippen molar-refractivity contribution in [2.45, 2.75) is 18.9 Å². The van der Waals surface area contributed by atoms with E-state index in [0.29, 0.717) is 5.95 Å². The van der Waals surface area contributed by atoms with Gasteiger partial charge in [-0.1, -0.05) is 0 Å². The van der Waals surface area contributed by atoms with Crippen LogP contribution in [0.15, 0.2) is 12.4 Å². The van der Waals surface area contributed by atoms with Crippen molar-refractivity contribution in [1.29, 1.82) is 0 Å². The van der Waals surface area contributed by atoms with Crippen molar-refractivity contribution in [2.75, 3.05) is 11.4 Å². The lowest BCUT2D eigenvalue weighted by Gasteiger charge is -2.18. The van der Waals surface area contributed by atoms with Crippen molar-refractivity contribution in [3.8, 4) is 0 Å². The van der Waals surface area contributed by atoms with Crippen molar-refractivity contribution in [2.24, 2.45) is 0 Å². The van der Waals surface area contributed by atoms with Crippen molar-refractivity contribution in [3.05, 3.63) is 12.4 Å². The second-order valence-corrected chi connectivity index (χ2v) is 3.20. The second-order valence-electron chi connectivity index (χ2n) is 3.20. The Morgan fingerprint density at radius 3 is 2.86 bits per heavy atom. The molecule has 74 valence electrons. The molecular formula is C8H10N4O2. The van der Waals surface area contributed by atoms with Crippen LogP contribution in [0.5, 0.6) is 0 Å². The highest BCUT2D eigenvalue weighted by molar-refractivity contribution is 5.73. The number of aliphatic carboxylic acids is 1. The molecule has 1 saturated carbocycles. The molecular weight excluding hydrogens is 184 g/mol. The first-order valence-electron chi connectivity index (χ1n) is 4.39. The molecule has 1 fully saturated rings. The number of carboxylic acids is 1. The number of aromatic nitrogens is 3. The summed E-state index contributed by atoms with van der Waals surface area (Å²) in [6, 6.07) is 0.273. The van der Waals surface area contributed by atoms with E-state index in [1.807, 2.05) is 0 Å². The van der Waals surface area contributed by atoms with Gasteiger partial charge in [0.05, 0.1) is 12.4 Å². The van der Waals surface area contributed by atoms with E-state index in [-0.39, 0.29) is 12.6 Å². The van der Waals surface area contributed by atoms with Crippen LogP contribution in [0, 0.1) is 0 Å². The third kappa shape index (κ3) is 1.95. The van der Waals surface area contributed by atoms with Gasteiger partial charge in [-0.2, -0.15) is 5.10 Å². The summed E-state index contributed by atoms with van der Waals surface area (Å²) in [5, 5.41) is 16.2. The van der Waals surface area contributed by atoms with Gasteiger partial charge in [0.2, 0.25) is 5.95 Å². The molecule has 0 aromatic carbocycles. The summed E-state index contributed by atoms with van der Waals surface area (Å²) in [7, 11) is 0. The summed E-state index contributed by atoms with van der Waals surface area (Å²) in [6.45, 7) is -0.0592. The molecule has 2 rings (SSSR count). The first kappa shape index (κ1) is 8.86. The van der Waals surface area contributed by atoms with Crippen LogP contribution in [0.1, 0.15) is 12.8 Å². The normalized spacial score (nSPS) is 15.1. The van der Waals surface area contributed by atoms with Crippen molar-refractivity contribution in [3.63, 3.8) is 0 Å². The summed E-state index contributed by atoms with van der Waals surface area (Å²) in [6.07, 6.45) is 4.99. The molecule has 6 nitrogen and oxygen atoms in total. The average molecular weight is 194 g/mol. The third-order valence-electron chi connectivity index (χ3n) is 2.02. The molecule has 14 heavy (non-hydrogen) atoms. The number of hydrogen-bond acceptors (Lipinski definition) is 5. The van der Waals surface area contributed by atoms with E-state index < -0.39 is 5.97 Å². The fourth-order valence-corrected chi connectivity index (χ4v) is 1.27. The maximum atomic E-state index is 10.6. The Hall–Kier alpha value is -1.72. The minimum Gasteiger partial charge on any atom is -0.480 e. The van der Waals surface area contributed by atoms with Gasteiger partial charge in [0.25, 0.3) is 0 Å². The molecule has 6 heteroatoms. The molecule has 0 radical (unpaired) electrons. The van der Waals surface area contributed by atoms with E-state index in [2.05, 4.69) is 15.2 Å². The molecule has 0 atom stereocenters. The van der Waals surface area contributed by atoms with Gasteiger partial charge < -0.3 is 10.0 Å². The lowest BCUT2D eigenvalue weighted by Crippen LogP contribution is -2.33. The van der Waals surface area contributed by atoms with Gasteiger partial charge >= 0.3 is 5.97 Å². The minimum absolute atomic E-state index is 0.0592. The SMILES string of the molecule is O=C(O)CN(c1nccnn1)C1CC1. The molecule has 0 bridgehead atoms. The molecule has 1 heterocycles. The molecule has 0 saturated heterocycles. The maximum Gasteiger partial charge on any atom is 0.323 e. The highest BCUT2D eigenvalue weighted by Crippen LogP contribution is 2.28. The largest absolute Gasteiger partial charge is 0.480 e. The molecule has 0 aliphatic heterocycles. The van der Waals surface area contributed by atoms with Crippen LogP contribution in [-0.2, 0) is 4.79 Å². The van der Waals surface area contributed by atoms with E-state index in [1.165, 1.54) is 12.4 Å². The number of rotatable bonds is 4. The van der Waals surface area contributed by atoms with Gasteiger partial charge in [0, 0.05) is 6.04 Å². The lowest BCUT2D eigenvalue weighted by molar-refractivity contribution is -0.135. The van der Waals surface area contributed by atoms with Crippen molar-refractivity contribution in [1.82, 2.24) is 15.2 Å². The van der Waals surface area contributed by atoms with Crippen LogP contribution in [0.2, 0.25) is 0 Å². The third-order valence-corrected chi connectivity index (χ3v) is 2.02. The number of nitrogens with zero attached hydrogens (tertiary/aromatic N) is 4. The molecule has 1 aliphatic carbocycles. The second kappa shape index (κ2) is 3.57. The highest BCUT2D eigenvalue weighted by Gasteiger charge is 2.32. The summed E-state index contributed by atoms with van der Waals surface area (Å²) in [5.41, 5.74) is 0. The molecule has 1 N–H and O–H groups in total. The summed E-state index contributed by atoms with van der Waals surface area (Å²) >= 11 is 0. The lowest BCUT2D eigenvalue weighted by atomic mass is 10.5. The van der Waals surface area contributed by atoms with Gasteiger partial charge in [-0.25, -0.2) is 4.98 Å². The monoisotopic (exact) mass is 194 g/mol. The van der Waals surface area contributed by atoms with Crippen LogP contribution in [0.4, 0.5) is 5.95 Å². The first-order chi connectivity index (χ1) is 6.77. The van der Waals surface area contributed by atoms with Crippen LogP contribution in [0.3, 0.4) is 0 Å². The topological polar surface area (TPSA) is 79.2 Å². The first-order valence-corrected chi connectivity index (χ1v) is 4.39. The van der Waals surface area contributed by atoms with Crippen LogP contribution < -0.4 is 4.90 Å². The molecule has 0 spiro atoms. The van der Waals surface area contributed by atoms with Crippen molar-refractivity contribution < 1.29 is 9.90 Å². The molecule has 1 aromatic heterocycles. The predicted octanol–water partition coefficient (Wildman–Crippen LogP) is -0.0750. The smallest absolute Gasteiger partial charge is 0.323 e. The Kier molecular flexibility index (Phi) is 2.26. The number of anilines is 1. The minimum atomic E-state index is -0.871. The maximum absolute atomic E-state index is 10.6. The Labute approximate surface area is 80.6 Å². The van der Waals surface area contributed by atoms with E-state index in [1.54, 1.807) is 4.90 Å². The van der Waals surface area contributed by atoms with Gasteiger partial charge in [-0.3, -0.25) is 4.79 Å². The van der Waals surface area contributed by atoms with E-state index in [0.717, 1.165) is 12.8 Å². The molecule has 0 amide bonds. The number of hydrogen-bond donors (Lipinski definition) is 1. The fraction of sp³-hybridized carbons (Fsp3) is 0.500. The average Bonchev–Trinajstić information content (AvgIpc) is 2.99. The van der Waals surface area contributed by atoms with E-state index >= 15 is 0 Å². The van der Waals surface area contributed by atoms with Gasteiger partial charge in [-0.05, 0) is 12.8 Å². The molecule has 1 aliphatic rings. The van der Waals surface area contributed by atoms with E-state index in [4.69, 9.17) is 5.11 Å². The molecule has 1 aromatic rings. The zero-order chi connectivity index (χ0) is 9.97. The quantitative estimate of drug-likeness (QED) is 0.722. The van der Waals surface area contributed by atoms with Gasteiger partial charge in [-0.15, -0.1) is 5.10 Å². The number of carbonyl (C=O) groups is 1. The fourth-order valence-electron chi connectivity index (χ4n) is 1.27. The van der Waals surface area contributed by atoms with Crippen LogP contribution in [-0.4, -0.2) is 38.8 Å². The van der Waals surface area contributed by atoms with Crippen molar-refractivity contribution >= 4 is 11.9 Å². The van der Waals surface area contributed by atoms with Crippen LogP contribution >= 0.6 is 0 Å². The Bertz CT molecular complexity index is 325. The zero-order valence-electron chi connectivity index (χ0n) is 7.50. The number of carboxylic acid groups (broad SMARTS) is 1. The van der Waals surface area contributed by atoms with Crippen LogP contribution in [0.25, 0.3) is 0 Å². The summed E-state index contributed by atoms with van der Waals surface area (Å²) < 4.78 is 0. The summed E-state index contributed by atoms with van der Waals surface area (Å²) in [4.78, 5) is 16.3. The van der Waals surface area contributed by atoms with Gasteiger partial charge in [0.1, 0.15) is 6.54 Å². The zero-order valence-corrected chi connectivity index (χ0v) is 7.50.